The van der Waals surface area contributed by atoms with Gasteiger partial charge in [-0.05, 0) is 24.3 Å². The highest BCUT2D eigenvalue weighted by Crippen LogP contribution is 2.42. The molecule has 0 N–H and O–H groups in total. The molecule has 0 aromatic heterocycles. The van der Waals surface area contributed by atoms with Crippen molar-refractivity contribution >= 4 is 11.9 Å². The Kier molecular flexibility index (Phi) is 5.63. The van der Waals surface area contributed by atoms with Gasteiger partial charge in [-0.15, -0.1) is 0 Å². The molecule has 2 aromatic carbocycles. The fourth-order valence-electron chi connectivity index (χ4n) is 4.18. The second-order valence-corrected chi connectivity index (χ2v) is 7.88. The van der Waals surface area contributed by atoms with Crippen LogP contribution in [0.1, 0.15) is 21.5 Å². The van der Waals surface area contributed by atoms with Gasteiger partial charge in [0.25, 0.3) is 0 Å². The highest BCUT2D eigenvalue weighted by molar-refractivity contribution is 6.15. The lowest BCUT2D eigenvalue weighted by Crippen LogP contribution is -2.43. The van der Waals surface area contributed by atoms with E-state index in [1.807, 2.05) is 30.3 Å². The second kappa shape index (κ2) is 8.70. The molecule has 5 rings (SSSR count). The summed E-state index contributed by atoms with van der Waals surface area (Å²) in [4.78, 5) is 17.6. The number of nitrogens with zero attached hydrogens (tertiary/aromatic N) is 2. The van der Waals surface area contributed by atoms with Gasteiger partial charge in [0.2, 0.25) is 5.78 Å². The molecule has 0 amide bonds. The van der Waals surface area contributed by atoms with E-state index < -0.39 is 0 Å². The van der Waals surface area contributed by atoms with E-state index in [2.05, 4.69) is 9.80 Å². The van der Waals surface area contributed by atoms with Crippen LogP contribution in [0.2, 0.25) is 0 Å². The summed E-state index contributed by atoms with van der Waals surface area (Å²) in [6.07, 6.45) is 1.74. The molecule has 162 valence electrons. The molecular weight excluding hydrogens is 396 g/mol. The Labute approximate surface area is 181 Å². The van der Waals surface area contributed by atoms with Crippen LogP contribution in [0.3, 0.4) is 0 Å². The Morgan fingerprint density at radius 1 is 1.06 bits per heavy atom. The Morgan fingerprint density at radius 3 is 2.71 bits per heavy atom. The molecule has 0 spiro atoms. The largest absolute Gasteiger partial charge is 0.496 e. The van der Waals surface area contributed by atoms with Crippen LogP contribution < -0.4 is 14.2 Å². The molecule has 0 aliphatic carbocycles. The lowest BCUT2D eigenvalue weighted by atomic mass is 10.0. The lowest BCUT2D eigenvalue weighted by Gasteiger charge is -2.33. The van der Waals surface area contributed by atoms with Gasteiger partial charge in [0.1, 0.15) is 24.0 Å². The van der Waals surface area contributed by atoms with Gasteiger partial charge in [-0.2, -0.15) is 0 Å². The zero-order valence-electron chi connectivity index (χ0n) is 17.6. The molecule has 2 aromatic rings. The molecule has 1 fully saturated rings. The smallest absolute Gasteiger partial charge is 0.231 e. The average molecular weight is 422 g/mol. The van der Waals surface area contributed by atoms with E-state index in [1.165, 1.54) is 0 Å². The molecule has 7 heteroatoms. The van der Waals surface area contributed by atoms with Crippen molar-refractivity contribution in [3.63, 3.8) is 0 Å². The predicted molar refractivity (Wildman–Crippen MR) is 116 cm³/mol. The van der Waals surface area contributed by atoms with Crippen molar-refractivity contribution in [2.75, 3.05) is 53.2 Å². The monoisotopic (exact) mass is 422 g/mol. The van der Waals surface area contributed by atoms with Crippen LogP contribution in [0.25, 0.3) is 6.08 Å². The summed E-state index contributed by atoms with van der Waals surface area (Å²) in [5.41, 5.74) is 2.32. The number of fused-ring (bicyclic) bond motifs is 3. The highest BCUT2D eigenvalue weighted by atomic mass is 16.5. The van der Waals surface area contributed by atoms with Crippen LogP contribution in [-0.4, -0.2) is 68.8 Å². The van der Waals surface area contributed by atoms with E-state index in [4.69, 9.17) is 18.9 Å². The quantitative estimate of drug-likeness (QED) is 0.687. The van der Waals surface area contributed by atoms with Gasteiger partial charge in [-0.3, -0.25) is 14.6 Å². The standard InChI is InChI=1S/C24H26N2O5/c1-28-20-5-3-2-4-17(20)14-22-23(27)18-6-7-21-19(24(18)31-22)15-26(16-30-21)9-8-25-10-12-29-13-11-25/h2-7,14H,8-13,15-16H2,1H3/b22-14-. The summed E-state index contributed by atoms with van der Waals surface area (Å²) in [6, 6.07) is 11.2. The normalized spacial score (nSPS) is 20.2. The van der Waals surface area contributed by atoms with E-state index in [1.54, 1.807) is 19.3 Å². The molecule has 0 unspecified atom stereocenters. The minimum absolute atomic E-state index is 0.117. The van der Waals surface area contributed by atoms with Crippen molar-refractivity contribution in [2.45, 2.75) is 6.54 Å². The number of rotatable bonds is 5. The first-order chi connectivity index (χ1) is 15.2. The van der Waals surface area contributed by atoms with Gasteiger partial charge in [0.15, 0.2) is 5.76 Å². The van der Waals surface area contributed by atoms with Crippen LogP contribution >= 0.6 is 0 Å². The molecule has 7 nitrogen and oxygen atoms in total. The molecule has 1 saturated heterocycles. The molecule has 0 bridgehead atoms. The zero-order chi connectivity index (χ0) is 21.2. The number of allylic oxidation sites excluding steroid dienone is 1. The van der Waals surface area contributed by atoms with Crippen molar-refractivity contribution in [3.8, 4) is 17.2 Å². The summed E-state index contributed by atoms with van der Waals surface area (Å²) in [6.45, 7) is 6.61. The molecule has 3 aliphatic heterocycles. The molecule has 0 radical (unpaired) electrons. The first-order valence-corrected chi connectivity index (χ1v) is 10.6. The van der Waals surface area contributed by atoms with Crippen molar-refractivity contribution in [2.24, 2.45) is 0 Å². The van der Waals surface area contributed by atoms with Crippen LogP contribution in [0.4, 0.5) is 0 Å². The van der Waals surface area contributed by atoms with Crippen LogP contribution in [-0.2, 0) is 11.3 Å². The summed E-state index contributed by atoms with van der Waals surface area (Å²) in [5, 5.41) is 0. The van der Waals surface area contributed by atoms with Gasteiger partial charge in [0, 0.05) is 38.3 Å². The Bertz CT molecular complexity index is 1010. The Balaban J connectivity index is 1.35. The fourth-order valence-corrected chi connectivity index (χ4v) is 4.18. The third-order valence-electron chi connectivity index (χ3n) is 5.94. The van der Waals surface area contributed by atoms with Crippen molar-refractivity contribution < 1.29 is 23.7 Å². The number of ether oxygens (including phenoxy) is 4. The van der Waals surface area contributed by atoms with Gasteiger partial charge in [0.05, 0.1) is 31.5 Å². The number of carbonyl (C=O) groups is 1. The summed E-state index contributed by atoms with van der Waals surface area (Å²) >= 11 is 0. The summed E-state index contributed by atoms with van der Waals surface area (Å²) in [7, 11) is 1.61. The number of benzene rings is 2. The van der Waals surface area contributed by atoms with Crippen molar-refractivity contribution in [3.05, 3.63) is 58.8 Å². The maximum Gasteiger partial charge on any atom is 0.231 e. The maximum absolute atomic E-state index is 13.0. The fraction of sp³-hybridized carbons (Fsp3) is 0.375. The van der Waals surface area contributed by atoms with Gasteiger partial charge in [-0.25, -0.2) is 0 Å². The summed E-state index contributed by atoms with van der Waals surface area (Å²) in [5.74, 6) is 2.28. The highest BCUT2D eigenvalue weighted by Gasteiger charge is 2.33. The topological polar surface area (TPSA) is 60.5 Å². The van der Waals surface area contributed by atoms with Crippen LogP contribution in [0.15, 0.2) is 42.2 Å². The maximum atomic E-state index is 13.0. The first kappa shape index (κ1) is 20.1. The number of hydrogen-bond acceptors (Lipinski definition) is 7. The number of morpholine rings is 1. The third-order valence-corrected chi connectivity index (χ3v) is 5.94. The predicted octanol–water partition coefficient (Wildman–Crippen LogP) is 2.80. The van der Waals surface area contributed by atoms with Crippen LogP contribution in [0.5, 0.6) is 17.2 Å². The number of para-hydroxylation sites is 1. The third kappa shape index (κ3) is 4.04. The number of methoxy groups -OCH3 is 1. The minimum Gasteiger partial charge on any atom is -0.496 e. The zero-order valence-corrected chi connectivity index (χ0v) is 17.6. The molecule has 31 heavy (non-hydrogen) atoms. The number of carbonyl (C=O) groups excluding carboxylic acids is 1. The van der Waals surface area contributed by atoms with Gasteiger partial charge in [-0.1, -0.05) is 18.2 Å². The molecular formula is C24H26N2O5. The molecule has 0 atom stereocenters. The van der Waals surface area contributed by atoms with Crippen LogP contribution in [0, 0.1) is 0 Å². The number of hydrogen-bond donors (Lipinski definition) is 0. The minimum atomic E-state index is -0.117. The van der Waals surface area contributed by atoms with E-state index in [9.17, 15) is 4.79 Å². The van der Waals surface area contributed by atoms with Crippen molar-refractivity contribution in [1.82, 2.24) is 9.80 Å². The van der Waals surface area contributed by atoms with E-state index >= 15 is 0 Å². The average Bonchev–Trinajstić information content (AvgIpc) is 3.14. The van der Waals surface area contributed by atoms with Crippen molar-refractivity contribution in [1.29, 1.82) is 0 Å². The van der Waals surface area contributed by atoms with E-state index in [0.29, 0.717) is 36.1 Å². The molecule has 3 aliphatic rings. The Morgan fingerprint density at radius 2 is 1.87 bits per heavy atom. The van der Waals surface area contributed by atoms with Gasteiger partial charge < -0.3 is 18.9 Å². The van der Waals surface area contributed by atoms with E-state index in [0.717, 1.165) is 56.3 Å². The number of ketones is 1. The van der Waals surface area contributed by atoms with E-state index in [-0.39, 0.29) is 5.78 Å². The lowest BCUT2D eigenvalue weighted by molar-refractivity contribution is 0.0239. The molecule has 0 saturated carbocycles. The second-order valence-electron chi connectivity index (χ2n) is 7.88. The summed E-state index contributed by atoms with van der Waals surface area (Å²) < 4.78 is 22.9. The molecule has 3 heterocycles. The Hall–Kier alpha value is -2.87. The SMILES string of the molecule is COc1ccccc1/C=C1\Oc2c(ccc3c2CN(CCN2CCOCC2)CO3)C1=O. The van der Waals surface area contributed by atoms with Gasteiger partial charge >= 0.3 is 0 Å². The number of Topliss-reactive ketones (excluding diaryl/α,β-unsaturated/α-hetero) is 1. The first-order valence-electron chi connectivity index (χ1n) is 10.6.